The van der Waals surface area contributed by atoms with Crippen LogP contribution in [0, 0.1) is 5.92 Å². The van der Waals surface area contributed by atoms with Crippen LogP contribution < -0.4 is 25.3 Å². The van der Waals surface area contributed by atoms with Crippen molar-refractivity contribution in [1.29, 1.82) is 0 Å². The average Bonchev–Trinajstić information content (AvgIpc) is 2.67. The molecule has 2 unspecified atom stereocenters. The lowest BCUT2D eigenvalue weighted by atomic mass is 9.98. The number of amides is 2. The van der Waals surface area contributed by atoms with Crippen LogP contribution in [0.1, 0.15) is 46.0 Å². The van der Waals surface area contributed by atoms with Gasteiger partial charge >= 0.3 is 0 Å². The maximum atomic E-state index is 12.0. The Kier molecular flexibility index (Phi) is 10.1. The second-order valence-corrected chi connectivity index (χ2v) is 6.54. The Labute approximate surface area is 161 Å². The van der Waals surface area contributed by atoms with E-state index < -0.39 is 11.9 Å². The van der Waals surface area contributed by atoms with Crippen molar-refractivity contribution in [3.63, 3.8) is 0 Å². The smallest absolute Gasteiger partial charge is 0.240 e. The van der Waals surface area contributed by atoms with E-state index in [4.69, 9.17) is 19.9 Å². The molecule has 0 aromatic heterocycles. The summed E-state index contributed by atoms with van der Waals surface area (Å²) in [7, 11) is 3.18. The summed E-state index contributed by atoms with van der Waals surface area (Å²) in [6.07, 6.45) is 3.53. The molecular weight excluding hydrogens is 348 g/mol. The number of rotatable bonds is 13. The van der Waals surface area contributed by atoms with Gasteiger partial charge in [-0.15, -0.1) is 0 Å². The van der Waals surface area contributed by atoms with E-state index in [9.17, 15) is 9.59 Å². The molecule has 27 heavy (non-hydrogen) atoms. The van der Waals surface area contributed by atoms with Gasteiger partial charge in [-0.1, -0.05) is 20.3 Å². The number of nitrogens with two attached hydrogens (primary N) is 1. The zero-order valence-corrected chi connectivity index (χ0v) is 16.7. The highest BCUT2D eigenvalue weighted by Crippen LogP contribution is 2.27. The summed E-state index contributed by atoms with van der Waals surface area (Å²) in [5.41, 5.74) is 5.36. The van der Waals surface area contributed by atoms with Gasteiger partial charge < -0.3 is 25.3 Å². The standard InChI is InChI=1S/C20H32N2O5/c1-5-14(2)19(20(21)24)22-18(23)9-7-6-8-10-27-17-12-15(25-3)11-16(13-17)26-4/h11-14,19H,5-10H2,1-4H3,(H2,21,24)(H,22,23). The first-order valence-electron chi connectivity index (χ1n) is 9.35. The number of primary amides is 1. The highest BCUT2D eigenvalue weighted by Gasteiger charge is 2.23. The van der Waals surface area contributed by atoms with Crippen LogP contribution in [0.15, 0.2) is 18.2 Å². The van der Waals surface area contributed by atoms with Crippen molar-refractivity contribution in [2.75, 3.05) is 20.8 Å². The van der Waals surface area contributed by atoms with Crippen molar-refractivity contribution in [3.05, 3.63) is 18.2 Å². The van der Waals surface area contributed by atoms with Gasteiger partial charge in [0.25, 0.3) is 0 Å². The lowest BCUT2D eigenvalue weighted by Gasteiger charge is -2.21. The van der Waals surface area contributed by atoms with Gasteiger partial charge in [-0.2, -0.15) is 0 Å². The molecule has 1 aromatic carbocycles. The first kappa shape index (κ1) is 22.6. The number of nitrogens with one attached hydrogen (secondary N) is 1. The lowest BCUT2D eigenvalue weighted by molar-refractivity contribution is -0.128. The fraction of sp³-hybridized carbons (Fsp3) is 0.600. The van der Waals surface area contributed by atoms with Crippen LogP contribution in [0.5, 0.6) is 17.2 Å². The molecule has 0 fully saturated rings. The molecule has 7 nitrogen and oxygen atoms in total. The molecule has 7 heteroatoms. The van der Waals surface area contributed by atoms with Gasteiger partial charge in [-0.05, 0) is 25.2 Å². The molecule has 152 valence electrons. The van der Waals surface area contributed by atoms with E-state index in [1.807, 2.05) is 13.8 Å². The van der Waals surface area contributed by atoms with E-state index in [-0.39, 0.29) is 11.8 Å². The second-order valence-electron chi connectivity index (χ2n) is 6.54. The third-order valence-corrected chi connectivity index (χ3v) is 4.48. The number of hydrogen-bond acceptors (Lipinski definition) is 5. The number of carbonyl (C=O) groups is 2. The van der Waals surface area contributed by atoms with E-state index >= 15 is 0 Å². The van der Waals surface area contributed by atoms with Gasteiger partial charge in [0.05, 0.1) is 20.8 Å². The average molecular weight is 380 g/mol. The Balaban J connectivity index is 2.29. The first-order valence-corrected chi connectivity index (χ1v) is 9.35. The van der Waals surface area contributed by atoms with Gasteiger partial charge in [-0.25, -0.2) is 0 Å². The fourth-order valence-corrected chi connectivity index (χ4v) is 2.59. The Morgan fingerprint density at radius 1 is 1.04 bits per heavy atom. The third kappa shape index (κ3) is 8.19. The van der Waals surface area contributed by atoms with Crippen molar-refractivity contribution in [3.8, 4) is 17.2 Å². The van der Waals surface area contributed by atoms with Crippen LogP contribution in [-0.4, -0.2) is 38.7 Å². The fourth-order valence-electron chi connectivity index (χ4n) is 2.59. The number of hydrogen-bond donors (Lipinski definition) is 2. The number of unbranched alkanes of at least 4 members (excludes halogenated alkanes) is 2. The van der Waals surface area contributed by atoms with Crippen molar-refractivity contribution >= 4 is 11.8 Å². The lowest BCUT2D eigenvalue weighted by Crippen LogP contribution is -2.48. The van der Waals surface area contributed by atoms with E-state index in [1.54, 1.807) is 32.4 Å². The summed E-state index contributed by atoms with van der Waals surface area (Å²) in [5, 5.41) is 2.74. The minimum atomic E-state index is -0.603. The molecule has 0 spiro atoms. The molecule has 2 atom stereocenters. The molecular formula is C20H32N2O5. The molecule has 0 bridgehead atoms. The van der Waals surface area contributed by atoms with E-state index in [0.29, 0.717) is 30.3 Å². The van der Waals surface area contributed by atoms with Crippen LogP contribution in [0.3, 0.4) is 0 Å². The summed E-state index contributed by atoms with van der Waals surface area (Å²) < 4.78 is 16.1. The van der Waals surface area contributed by atoms with Crippen molar-refractivity contribution in [1.82, 2.24) is 5.32 Å². The highest BCUT2D eigenvalue weighted by molar-refractivity contribution is 5.86. The van der Waals surface area contributed by atoms with Gasteiger partial charge in [0.1, 0.15) is 23.3 Å². The predicted octanol–water partition coefficient (Wildman–Crippen LogP) is 2.66. The molecule has 1 aromatic rings. The normalized spacial score (nSPS) is 12.7. The molecule has 3 N–H and O–H groups in total. The van der Waals surface area contributed by atoms with Crippen molar-refractivity contribution in [2.24, 2.45) is 11.7 Å². The van der Waals surface area contributed by atoms with Gasteiger partial charge in [0.2, 0.25) is 11.8 Å². The van der Waals surface area contributed by atoms with E-state index in [1.165, 1.54) is 0 Å². The quantitative estimate of drug-likeness (QED) is 0.513. The maximum Gasteiger partial charge on any atom is 0.240 e. The van der Waals surface area contributed by atoms with E-state index in [2.05, 4.69) is 5.32 Å². The summed E-state index contributed by atoms with van der Waals surface area (Å²) in [5.74, 6) is 1.43. The third-order valence-electron chi connectivity index (χ3n) is 4.48. The molecule has 1 rings (SSSR count). The number of ether oxygens (including phenoxy) is 3. The minimum Gasteiger partial charge on any atom is -0.496 e. The van der Waals surface area contributed by atoms with Crippen LogP contribution in [0.25, 0.3) is 0 Å². The van der Waals surface area contributed by atoms with Gasteiger partial charge in [-0.3, -0.25) is 9.59 Å². The highest BCUT2D eigenvalue weighted by atomic mass is 16.5. The maximum absolute atomic E-state index is 12.0. The molecule has 0 aliphatic rings. The molecule has 0 saturated carbocycles. The summed E-state index contributed by atoms with van der Waals surface area (Å²) in [4.78, 5) is 23.4. The van der Waals surface area contributed by atoms with E-state index in [0.717, 1.165) is 25.7 Å². The monoisotopic (exact) mass is 380 g/mol. The van der Waals surface area contributed by atoms with Crippen molar-refractivity contribution in [2.45, 2.75) is 52.0 Å². The Morgan fingerprint density at radius 3 is 2.15 bits per heavy atom. The summed E-state index contributed by atoms with van der Waals surface area (Å²) in [6, 6.07) is 4.78. The summed E-state index contributed by atoms with van der Waals surface area (Å²) in [6.45, 7) is 4.40. The number of methoxy groups -OCH3 is 2. The molecule has 0 saturated heterocycles. The molecule has 0 aliphatic heterocycles. The SMILES string of the molecule is CCC(C)C(NC(=O)CCCCCOc1cc(OC)cc(OC)c1)C(N)=O. The van der Waals surface area contributed by atoms with Crippen LogP contribution in [0.2, 0.25) is 0 Å². The molecule has 0 heterocycles. The molecule has 2 amide bonds. The zero-order valence-electron chi connectivity index (χ0n) is 16.7. The Bertz CT molecular complexity index is 584. The molecule has 0 radical (unpaired) electrons. The zero-order chi connectivity index (χ0) is 20.2. The van der Waals surface area contributed by atoms with Gasteiger partial charge in [0.15, 0.2) is 0 Å². The summed E-state index contributed by atoms with van der Waals surface area (Å²) >= 11 is 0. The second kappa shape index (κ2) is 12.0. The van der Waals surface area contributed by atoms with Gasteiger partial charge in [0, 0.05) is 24.6 Å². The number of benzene rings is 1. The number of carbonyl (C=O) groups excluding carboxylic acids is 2. The van der Waals surface area contributed by atoms with Crippen LogP contribution in [-0.2, 0) is 9.59 Å². The van der Waals surface area contributed by atoms with Crippen LogP contribution >= 0.6 is 0 Å². The molecule has 0 aliphatic carbocycles. The topological polar surface area (TPSA) is 99.9 Å². The minimum absolute atomic E-state index is 0.0275. The van der Waals surface area contributed by atoms with Crippen LogP contribution in [0.4, 0.5) is 0 Å². The Hall–Kier alpha value is -2.44. The Morgan fingerprint density at radius 2 is 1.63 bits per heavy atom. The first-order chi connectivity index (χ1) is 12.9. The predicted molar refractivity (Wildman–Crippen MR) is 104 cm³/mol. The largest absolute Gasteiger partial charge is 0.496 e. The van der Waals surface area contributed by atoms with Crippen molar-refractivity contribution < 1.29 is 23.8 Å².